The van der Waals surface area contributed by atoms with Crippen molar-refractivity contribution in [1.82, 2.24) is 4.72 Å². The number of rotatable bonds is 7. The van der Waals surface area contributed by atoms with E-state index in [-0.39, 0.29) is 12.3 Å². The molecule has 22 heavy (non-hydrogen) atoms. The minimum absolute atomic E-state index is 0.0255. The summed E-state index contributed by atoms with van der Waals surface area (Å²) in [4.78, 5) is 21.4. The maximum Gasteiger partial charge on any atom is 0.323 e. The van der Waals surface area contributed by atoms with Gasteiger partial charge in [-0.1, -0.05) is 26.0 Å². The van der Waals surface area contributed by atoms with Crippen LogP contribution in [0.4, 0.5) is 5.69 Å². The van der Waals surface area contributed by atoms with E-state index in [4.69, 9.17) is 0 Å². The van der Waals surface area contributed by atoms with E-state index in [1.54, 1.807) is 0 Å². The molecule has 0 radical (unpaired) electrons. The highest BCUT2D eigenvalue weighted by atomic mass is 32.2. The minimum Gasteiger partial charge on any atom is -0.468 e. The van der Waals surface area contributed by atoms with E-state index in [9.17, 15) is 23.3 Å². The van der Waals surface area contributed by atoms with Gasteiger partial charge in [-0.15, -0.1) is 0 Å². The van der Waals surface area contributed by atoms with Crippen molar-refractivity contribution in [2.24, 2.45) is 5.92 Å². The molecule has 0 fully saturated rings. The lowest BCUT2D eigenvalue weighted by atomic mass is 10.1. The number of hydrogen-bond acceptors (Lipinski definition) is 6. The number of benzene rings is 1. The number of methoxy groups -OCH3 is 1. The summed E-state index contributed by atoms with van der Waals surface area (Å²) in [7, 11) is -3.08. The van der Waals surface area contributed by atoms with Crippen molar-refractivity contribution in [3.05, 3.63) is 34.4 Å². The molecule has 1 unspecified atom stereocenters. The Balaban J connectivity index is 3.18. The van der Waals surface area contributed by atoms with Crippen LogP contribution in [0, 0.1) is 16.0 Å². The van der Waals surface area contributed by atoms with E-state index < -0.39 is 37.5 Å². The molecular formula is C13H18N2O6S. The Bertz CT molecular complexity index is 656. The van der Waals surface area contributed by atoms with Gasteiger partial charge in [0.2, 0.25) is 10.0 Å². The predicted molar refractivity (Wildman–Crippen MR) is 78.7 cm³/mol. The van der Waals surface area contributed by atoms with Gasteiger partial charge in [0.1, 0.15) is 6.04 Å². The van der Waals surface area contributed by atoms with Gasteiger partial charge in [0.25, 0.3) is 5.69 Å². The molecule has 0 aliphatic rings. The lowest BCUT2D eigenvalue weighted by Gasteiger charge is -2.18. The van der Waals surface area contributed by atoms with Crippen molar-refractivity contribution in [1.29, 1.82) is 0 Å². The van der Waals surface area contributed by atoms with Crippen molar-refractivity contribution in [2.75, 3.05) is 7.11 Å². The number of sulfonamides is 1. The van der Waals surface area contributed by atoms with Gasteiger partial charge in [-0.25, -0.2) is 8.42 Å². The average molecular weight is 330 g/mol. The number of carbonyl (C=O) groups excluding carboxylic acids is 1. The molecule has 0 aliphatic carbocycles. The van der Waals surface area contributed by atoms with Crippen molar-refractivity contribution in [3.8, 4) is 0 Å². The SMILES string of the molecule is COC(=O)C(CC(C)C)NS(=O)(=O)c1ccccc1[N+](=O)[O-]. The Morgan fingerprint density at radius 3 is 2.45 bits per heavy atom. The molecule has 1 atom stereocenters. The number of esters is 1. The lowest BCUT2D eigenvalue weighted by molar-refractivity contribution is -0.387. The molecule has 1 N–H and O–H groups in total. The van der Waals surface area contributed by atoms with Gasteiger partial charge in [-0.3, -0.25) is 14.9 Å². The fraction of sp³-hybridized carbons (Fsp3) is 0.462. The van der Waals surface area contributed by atoms with E-state index in [0.29, 0.717) is 0 Å². The minimum atomic E-state index is -4.23. The second-order valence-corrected chi connectivity index (χ2v) is 6.73. The summed E-state index contributed by atoms with van der Waals surface area (Å²) in [5, 5.41) is 10.9. The van der Waals surface area contributed by atoms with E-state index in [0.717, 1.165) is 19.2 Å². The molecule has 1 aromatic carbocycles. The smallest absolute Gasteiger partial charge is 0.323 e. The monoisotopic (exact) mass is 330 g/mol. The summed E-state index contributed by atoms with van der Waals surface area (Å²) in [5.41, 5.74) is -0.553. The van der Waals surface area contributed by atoms with Crippen LogP contribution >= 0.6 is 0 Å². The van der Waals surface area contributed by atoms with E-state index in [1.165, 1.54) is 12.1 Å². The highest BCUT2D eigenvalue weighted by Crippen LogP contribution is 2.23. The Hall–Kier alpha value is -2.00. The lowest BCUT2D eigenvalue weighted by Crippen LogP contribution is -2.42. The Morgan fingerprint density at radius 2 is 1.95 bits per heavy atom. The van der Waals surface area contributed by atoms with Gasteiger partial charge < -0.3 is 4.74 Å². The van der Waals surface area contributed by atoms with Gasteiger partial charge in [0, 0.05) is 6.07 Å². The summed E-state index contributed by atoms with van der Waals surface area (Å²) in [6, 6.07) is 3.84. The Labute approximate surface area is 128 Å². The van der Waals surface area contributed by atoms with Crippen LogP contribution in [0.25, 0.3) is 0 Å². The van der Waals surface area contributed by atoms with Gasteiger partial charge >= 0.3 is 5.97 Å². The Morgan fingerprint density at radius 1 is 1.36 bits per heavy atom. The van der Waals surface area contributed by atoms with Gasteiger partial charge in [0.05, 0.1) is 12.0 Å². The molecule has 0 saturated heterocycles. The third kappa shape index (κ3) is 4.50. The molecule has 0 amide bonds. The second kappa shape index (κ2) is 7.32. The zero-order valence-electron chi connectivity index (χ0n) is 12.5. The molecule has 1 aromatic rings. The standard InChI is InChI=1S/C13H18N2O6S/c1-9(2)8-10(13(16)21-3)14-22(19,20)12-7-5-4-6-11(12)15(17)18/h4-7,9-10,14H,8H2,1-3H3. The van der Waals surface area contributed by atoms with Crippen LogP contribution < -0.4 is 4.72 Å². The van der Waals surface area contributed by atoms with Crippen LogP contribution in [0.5, 0.6) is 0 Å². The summed E-state index contributed by atoms with van der Waals surface area (Å²) >= 11 is 0. The molecular weight excluding hydrogens is 312 g/mol. The third-order valence-electron chi connectivity index (χ3n) is 2.84. The first kappa shape index (κ1) is 18.1. The highest BCUT2D eigenvalue weighted by Gasteiger charge is 2.31. The summed E-state index contributed by atoms with van der Waals surface area (Å²) in [6.45, 7) is 3.63. The average Bonchev–Trinajstić information content (AvgIpc) is 2.45. The summed E-state index contributed by atoms with van der Waals surface area (Å²) in [6.07, 6.45) is 0.215. The van der Waals surface area contributed by atoms with Crippen LogP contribution in [0.3, 0.4) is 0 Å². The van der Waals surface area contributed by atoms with Crippen LogP contribution in [-0.4, -0.2) is 32.5 Å². The quantitative estimate of drug-likeness (QED) is 0.460. The topological polar surface area (TPSA) is 116 Å². The molecule has 0 heterocycles. The van der Waals surface area contributed by atoms with Crippen molar-refractivity contribution in [2.45, 2.75) is 31.2 Å². The number of nitrogens with one attached hydrogen (secondary N) is 1. The fourth-order valence-electron chi connectivity index (χ4n) is 1.89. The second-order valence-electron chi connectivity index (χ2n) is 5.05. The molecule has 0 aromatic heterocycles. The number of nitro groups is 1. The zero-order chi connectivity index (χ0) is 16.9. The normalized spacial score (nSPS) is 12.9. The van der Waals surface area contributed by atoms with Gasteiger partial charge in [-0.2, -0.15) is 4.72 Å². The van der Waals surface area contributed by atoms with E-state index in [2.05, 4.69) is 9.46 Å². The van der Waals surface area contributed by atoms with E-state index in [1.807, 2.05) is 13.8 Å². The van der Waals surface area contributed by atoms with Crippen LogP contribution in [-0.2, 0) is 19.6 Å². The first-order valence-electron chi connectivity index (χ1n) is 6.52. The number of para-hydroxylation sites is 1. The van der Waals surface area contributed by atoms with Crippen molar-refractivity contribution in [3.63, 3.8) is 0 Å². The molecule has 9 heteroatoms. The number of nitro benzene ring substituents is 1. The van der Waals surface area contributed by atoms with Crippen molar-refractivity contribution < 1.29 is 22.9 Å². The molecule has 0 spiro atoms. The summed E-state index contributed by atoms with van der Waals surface area (Å²) in [5.74, 6) is -0.714. The van der Waals surface area contributed by atoms with Crippen LogP contribution in [0.2, 0.25) is 0 Å². The van der Waals surface area contributed by atoms with E-state index >= 15 is 0 Å². The molecule has 8 nitrogen and oxygen atoms in total. The first-order valence-corrected chi connectivity index (χ1v) is 8.01. The van der Waals surface area contributed by atoms with Crippen LogP contribution in [0.15, 0.2) is 29.2 Å². The van der Waals surface area contributed by atoms with Gasteiger partial charge in [0.15, 0.2) is 4.90 Å². The fourth-order valence-corrected chi connectivity index (χ4v) is 3.26. The van der Waals surface area contributed by atoms with Gasteiger partial charge in [-0.05, 0) is 18.4 Å². The van der Waals surface area contributed by atoms with Crippen molar-refractivity contribution >= 4 is 21.7 Å². The molecule has 0 saturated carbocycles. The highest BCUT2D eigenvalue weighted by molar-refractivity contribution is 7.89. The number of ether oxygens (including phenoxy) is 1. The van der Waals surface area contributed by atoms with Crippen LogP contribution in [0.1, 0.15) is 20.3 Å². The molecule has 1 rings (SSSR count). The number of hydrogen-bond donors (Lipinski definition) is 1. The summed E-state index contributed by atoms with van der Waals surface area (Å²) < 4.78 is 31.4. The largest absolute Gasteiger partial charge is 0.468 e. The molecule has 0 bridgehead atoms. The maximum absolute atomic E-state index is 12.3. The number of nitrogens with zero attached hydrogens (tertiary/aromatic N) is 1. The number of carbonyl (C=O) groups is 1. The molecule has 0 aliphatic heterocycles. The predicted octanol–water partition coefficient (Wildman–Crippen LogP) is 1.46. The molecule has 122 valence electrons. The third-order valence-corrected chi connectivity index (χ3v) is 4.36. The first-order chi connectivity index (χ1) is 10.2. The Kier molecular flexibility index (Phi) is 6.01. The maximum atomic E-state index is 12.3. The zero-order valence-corrected chi connectivity index (χ0v) is 13.3.